The van der Waals surface area contributed by atoms with E-state index >= 15 is 0 Å². The van der Waals surface area contributed by atoms with Crippen LogP contribution in [0.15, 0.2) is 85.1 Å². The van der Waals surface area contributed by atoms with Crippen molar-refractivity contribution in [2.24, 2.45) is 0 Å². The van der Waals surface area contributed by atoms with E-state index in [2.05, 4.69) is 5.32 Å². The van der Waals surface area contributed by atoms with E-state index in [4.69, 9.17) is 9.47 Å². The van der Waals surface area contributed by atoms with Gasteiger partial charge in [0.05, 0.1) is 18.2 Å². The molecule has 5 aromatic rings. The van der Waals surface area contributed by atoms with Gasteiger partial charge in [-0.05, 0) is 60.0 Å². The second-order valence-corrected chi connectivity index (χ2v) is 10.5. The van der Waals surface area contributed by atoms with E-state index in [1.165, 1.54) is 11.7 Å². The molecule has 0 bridgehead atoms. The maximum Gasteiger partial charge on any atom is 0.419 e. The van der Waals surface area contributed by atoms with Crippen molar-refractivity contribution >= 4 is 50.4 Å². The third-order valence-corrected chi connectivity index (χ3v) is 6.60. The molecule has 0 unspecified atom stereocenters. The molecule has 0 aliphatic heterocycles. The zero-order chi connectivity index (χ0) is 27.7. The van der Waals surface area contributed by atoms with Gasteiger partial charge in [0.1, 0.15) is 11.6 Å². The molecule has 39 heavy (non-hydrogen) atoms. The number of nitrogens with zero attached hydrogens (tertiary/aromatic N) is 1. The summed E-state index contributed by atoms with van der Waals surface area (Å²) in [6.07, 6.45) is 1.26. The Labute approximate surface area is 226 Å². The van der Waals surface area contributed by atoms with E-state index in [0.717, 1.165) is 26.9 Å². The van der Waals surface area contributed by atoms with Crippen LogP contribution in [0.1, 0.15) is 36.7 Å². The van der Waals surface area contributed by atoms with Crippen LogP contribution in [0.25, 0.3) is 32.4 Å². The summed E-state index contributed by atoms with van der Waals surface area (Å²) >= 11 is 0. The Balaban J connectivity index is 1.53. The fraction of sp³-hybridized carbons (Fsp3) is 0.219. The van der Waals surface area contributed by atoms with E-state index in [1.54, 1.807) is 27.0 Å². The molecule has 0 spiro atoms. The van der Waals surface area contributed by atoms with Gasteiger partial charge >= 0.3 is 12.1 Å². The molecule has 198 valence electrons. The Morgan fingerprint density at radius 1 is 0.846 bits per heavy atom. The van der Waals surface area contributed by atoms with Crippen LogP contribution in [0.2, 0.25) is 0 Å². The summed E-state index contributed by atoms with van der Waals surface area (Å²) in [5.74, 6) is -0.962. The lowest BCUT2D eigenvalue weighted by molar-refractivity contribution is -0.142. The highest BCUT2D eigenvalue weighted by Crippen LogP contribution is 2.29. The molecule has 0 saturated heterocycles. The number of para-hydroxylation sites is 1. The lowest BCUT2D eigenvalue weighted by Crippen LogP contribution is -2.43. The summed E-state index contributed by atoms with van der Waals surface area (Å²) in [5, 5.41) is 7.13. The lowest BCUT2D eigenvalue weighted by Gasteiger charge is -2.19. The number of benzene rings is 4. The minimum atomic E-state index is -0.988. The standard InChI is InChI=1S/C32H30N2O5/c1-32(2,3)39-31(37)34-19-22(23-13-9-10-16-27(23)34)18-26(30(36)38-4)33-29(35)28-24-14-7-5-11-20(24)17-21-12-6-8-15-25(21)28/h5-17,19,26H,18H2,1-4H3,(H,33,35)/t26-/m1/s1. The third-order valence-electron chi connectivity index (χ3n) is 6.60. The van der Waals surface area contributed by atoms with Gasteiger partial charge in [0.25, 0.3) is 5.91 Å². The van der Waals surface area contributed by atoms with Crippen LogP contribution in [0.3, 0.4) is 0 Å². The Morgan fingerprint density at radius 3 is 2.00 bits per heavy atom. The number of aromatic nitrogens is 1. The molecular formula is C32H30N2O5. The van der Waals surface area contributed by atoms with Gasteiger partial charge in [-0.1, -0.05) is 66.7 Å². The second kappa shape index (κ2) is 10.3. The molecular weight excluding hydrogens is 492 g/mol. The largest absolute Gasteiger partial charge is 0.467 e. The van der Waals surface area contributed by atoms with E-state index < -0.39 is 23.7 Å². The first-order valence-corrected chi connectivity index (χ1v) is 12.8. The van der Waals surface area contributed by atoms with Gasteiger partial charge < -0.3 is 14.8 Å². The topological polar surface area (TPSA) is 86.6 Å². The van der Waals surface area contributed by atoms with Gasteiger partial charge in [-0.2, -0.15) is 0 Å². The Hall–Kier alpha value is -4.65. The molecule has 0 radical (unpaired) electrons. The fourth-order valence-electron chi connectivity index (χ4n) is 4.92. The SMILES string of the molecule is COC(=O)[C@@H](Cc1cn(C(=O)OC(C)(C)C)c2ccccc12)NC(=O)c1c2ccccc2cc2ccccc12. The Morgan fingerprint density at radius 2 is 1.41 bits per heavy atom. The summed E-state index contributed by atoms with van der Waals surface area (Å²) in [6.45, 7) is 5.41. The van der Waals surface area contributed by atoms with Gasteiger partial charge in [-0.3, -0.25) is 9.36 Å². The molecule has 0 fully saturated rings. The zero-order valence-corrected chi connectivity index (χ0v) is 22.4. The lowest BCUT2D eigenvalue weighted by atomic mass is 9.95. The minimum Gasteiger partial charge on any atom is -0.467 e. The van der Waals surface area contributed by atoms with E-state index in [9.17, 15) is 14.4 Å². The van der Waals surface area contributed by atoms with Crippen molar-refractivity contribution in [1.82, 2.24) is 9.88 Å². The van der Waals surface area contributed by atoms with Crippen LogP contribution >= 0.6 is 0 Å². The zero-order valence-electron chi connectivity index (χ0n) is 22.4. The number of fused-ring (bicyclic) bond motifs is 3. The van der Waals surface area contributed by atoms with Crippen molar-refractivity contribution in [1.29, 1.82) is 0 Å². The molecule has 5 rings (SSSR count). The monoisotopic (exact) mass is 522 g/mol. The number of ether oxygens (including phenoxy) is 2. The molecule has 1 amide bonds. The molecule has 1 atom stereocenters. The number of hydrogen-bond donors (Lipinski definition) is 1. The summed E-state index contributed by atoms with van der Waals surface area (Å²) in [5.41, 5.74) is 1.17. The van der Waals surface area contributed by atoms with Gasteiger partial charge in [0.15, 0.2) is 0 Å². The number of nitrogens with one attached hydrogen (secondary N) is 1. The van der Waals surface area contributed by atoms with Crippen LogP contribution in [0.4, 0.5) is 4.79 Å². The summed E-state index contributed by atoms with van der Waals surface area (Å²) in [7, 11) is 1.29. The highest BCUT2D eigenvalue weighted by Gasteiger charge is 2.27. The number of carbonyl (C=O) groups excluding carboxylic acids is 3. The highest BCUT2D eigenvalue weighted by atomic mass is 16.6. The van der Waals surface area contributed by atoms with Crippen LogP contribution in [-0.2, 0) is 20.7 Å². The van der Waals surface area contributed by atoms with Crippen molar-refractivity contribution in [2.75, 3.05) is 7.11 Å². The van der Waals surface area contributed by atoms with Crippen molar-refractivity contribution in [2.45, 2.75) is 38.8 Å². The minimum absolute atomic E-state index is 0.122. The van der Waals surface area contributed by atoms with Crippen LogP contribution < -0.4 is 5.32 Å². The van der Waals surface area contributed by atoms with Gasteiger partial charge in [0, 0.05) is 18.0 Å². The van der Waals surface area contributed by atoms with Gasteiger partial charge in [-0.15, -0.1) is 0 Å². The number of carbonyl (C=O) groups is 3. The molecule has 4 aromatic carbocycles. The average molecular weight is 523 g/mol. The Kier molecular flexibility index (Phi) is 6.83. The molecule has 0 aliphatic carbocycles. The molecule has 0 aliphatic rings. The summed E-state index contributed by atoms with van der Waals surface area (Å²) in [6, 6.07) is 23.8. The van der Waals surface area contributed by atoms with Crippen molar-refractivity contribution in [3.05, 3.63) is 96.2 Å². The quantitative estimate of drug-likeness (QED) is 0.218. The number of esters is 1. The maximum atomic E-state index is 13.8. The number of methoxy groups -OCH3 is 1. The number of amides is 1. The first-order valence-electron chi connectivity index (χ1n) is 12.8. The normalized spacial score (nSPS) is 12.4. The molecule has 1 N–H and O–H groups in total. The fourth-order valence-corrected chi connectivity index (χ4v) is 4.92. The maximum absolute atomic E-state index is 13.8. The van der Waals surface area contributed by atoms with Gasteiger partial charge in [0.2, 0.25) is 0 Å². The Bertz CT molecular complexity index is 1670. The molecule has 1 heterocycles. The summed E-state index contributed by atoms with van der Waals surface area (Å²) < 4.78 is 12.1. The van der Waals surface area contributed by atoms with Crippen LogP contribution in [0, 0.1) is 0 Å². The van der Waals surface area contributed by atoms with Crippen molar-refractivity contribution in [3.8, 4) is 0 Å². The van der Waals surface area contributed by atoms with E-state index in [0.29, 0.717) is 16.6 Å². The smallest absolute Gasteiger partial charge is 0.419 e. The molecule has 0 saturated carbocycles. The van der Waals surface area contributed by atoms with E-state index in [1.807, 2.05) is 78.9 Å². The van der Waals surface area contributed by atoms with E-state index in [-0.39, 0.29) is 12.3 Å². The van der Waals surface area contributed by atoms with Crippen molar-refractivity contribution < 1.29 is 23.9 Å². The summed E-state index contributed by atoms with van der Waals surface area (Å²) in [4.78, 5) is 39.7. The molecule has 7 nitrogen and oxygen atoms in total. The molecule has 1 aromatic heterocycles. The predicted octanol–water partition coefficient (Wildman–Crippen LogP) is 6.25. The van der Waals surface area contributed by atoms with Crippen molar-refractivity contribution in [3.63, 3.8) is 0 Å². The first-order chi connectivity index (χ1) is 18.7. The first kappa shape index (κ1) is 26.0. The third kappa shape index (κ3) is 5.21. The predicted molar refractivity (Wildman–Crippen MR) is 152 cm³/mol. The number of rotatable bonds is 5. The molecule has 7 heteroatoms. The second-order valence-electron chi connectivity index (χ2n) is 10.5. The highest BCUT2D eigenvalue weighted by molar-refractivity contribution is 6.18. The van der Waals surface area contributed by atoms with Crippen LogP contribution in [0.5, 0.6) is 0 Å². The number of hydrogen-bond acceptors (Lipinski definition) is 5. The van der Waals surface area contributed by atoms with Gasteiger partial charge in [-0.25, -0.2) is 9.59 Å². The average Bonchev–Trinajstić information content (AvgIpc) is 3.28. The van der Waals surface area contributed by atoms with Crippen LogP contribution in [-0.4, -0.2) is 41.3 Å².